The van der Waals surface area contributed by atoms with Crippen molar-refractivity contribution >= 4 is 15.9 Å². The zero-order valence-electron chi connectivity index (χ0n) is 14.6. The van der Waals surface area contributed by atoms with Gasteiger partial charge in [-0.1, -0.05) is 12.1 Å². The van der Waals surface area contributed by atoms with E-state index in [9.17, 15) is 22.0 Å². The van der Waals surface area contributed by atoms with Crippen LogP contribution in [0, 0.1) is 17.6 Å². The molecule has 2 aromatic carbocycles. The second kappa shape index (κ2) is 8.14. The summed E-state index contributed by atoms with van der Waals surface area (Å²) >= 11 is 0. The predicted octanol–water partition coefficient (Wildman–Crippen LogP) is 2.68. The van der Waals surface area contributed by atoms with Crippen molar-refractivity contribution in [1.82, 2.24) is 9.62 Å². The molecule has 0 spiro atoms. The van der Waals surface area contributed by atoms with Gasteiger partial charge < -0.3 is 5.32 Å². The number of nitrogens with one attached hydrogen (secondary N) is 1. The number of amides is 1. The number of carbonyl (C=O) groups is 1. The number of piperidine rings is 1. The fourth-order valence-corrected chi connectivity index (χ4v) is 4.59. The third-order valence-corrected chi connectivity index (χ3v) is 6.47. The minimum absolute atomic E-state index is 0.0104. The molecule has 0 aromatic heterocycles. The zero-order valence-corrected chi connectivity index (χ0v) is 15.4. The van der Waals surface area contributed by atoms with Crippen molar-refractivity contribution in [2.45, 2.75) is 24.3 Å². The van der Waals surface area contributed by atoms with Crippen LogP contribution in [-0.4, -0.2) is 31.7 Å². The lowest BCUT2D eigenvalue weighted by Gasteiger charge is -2.31. The van der Waals surface area contributed by atoms with Crippen molar-refractivity contribution in [2.75, 3.05) is 13.1 Å². The van der Waals surface area contributed by atoms with Gasteiger partial charge in [0.05, 0.1) is 10.8 Å². The van der Waals surface area contributed by atoms with Crippen LogP contribution in [0.15, 0.2) is 53.4 Å². The lowest BCUT2D eigenvalue weighted by atomic mass is 9.99. The van der Waals surface area contributed by atoms with Crippen molar-refractivity contribution in [2.24, 2.45) is 5.92 Å². The Bertz CT molecular complexity index is 900. The summed E-state index contributed by atoms with van der Waals surface area (Å²) in [5.41, 5.74) is 0.761. The summed E-state index contributed by atoms with van der Waals surface area (Å²) in [6.07, 6.45) is 1.15. The van der Waals surface area contributed by atoms with Crippen LogP contribution >= 0.6 is 0 Å². The number of benzene rings is 2. The molecule has 1 fully saturated rings. The van der Waals surface area contributed by atoms with E-state index < -0.39 is 21.8 Å². The molecule has 27 heavy (non-hydrogen) atoms. The third-order valence-electron chi connectivity index (χ3n) is 4.59. The first-order chi connectivity index (χ1) is 12.9. The highest BCUT2D eigenvalue weighted by Crippen LogP contribution is 2.24. The van der Waals surface area contributed by atoms with Crippen molar-refractivity contribution in [3.63, 3.8) is 0 Å². The molecule has 1 N–H and O–H groups in total. The Kier molecular flexibility index (Phi) is 5.86. The van der Waals surface area contributed by atoms with Crippen molar-refractivity contribution in [1.29, 1.82) is 0 Å². The molecule has 1 aliphatic rings. The van der Waals surface area contributed by atoms with Crippen molar-refractivity contribution in [3.8, 4) is 0 Å². The molecule has 1 atom stereocenters. The summed E-state index contributed by atoms with van der Waals surface area (Å²) in [6.45, 7) is 0.650. The van der Waals surface area contributed by atoms with Crippen LogP contribution in [0.5, 0.6) is 0 Å². The van der Waals surface area contributed by atoms with E-state index in [1.54, 1.807) is 12.1 Å². The second-order valence-corrected chi connectivity index (χ2v) is 8.44. The molecule has 0 radical (unpaired) electrons. The highest BCUT2D eigenvalue weighted by molar-refractivity contribution is 7.89. The summed E-state index contributed by atoms with van der Waals surface area (Å²) in [6, 6.07) is 10.5. The molecule has 0 aliphatic carbocycles. The second-order valence-electron chi connectivity index (χ2n) is 6.50. The highest BCUT2D eigenvalue weighted by Gasteiger charge is 2.33. The topological polar surface area (TPSA) is 66.5 Å². The molecular weight excluding hydrogens is 374 g/mol. The standard InChI is InChI=1S/C19H20F2N2O3S/c20-16-5-3-14(4-6-16)12-22-19(24)15-2-1-11-23(13-15)27(25,26)18-9-7-17(21)8-10-18/h3-10,15H,1-2,11-13H2,(H,22,24)/t15-/m0/s1. The van der Waals surface area contributed by atoms with Crippen LogP contribution in [0.4, 0.5) is 8.78 Å². The van der Waals surface area contributed by atoms with Gasteiger partial charge in [-0.05, 0) is 54.8 Å². The number of sulfonamides is 1. The van der Waals surface area contributed by atoms with E-state index >= 15 is 0 Å². The van der Waals surface area contributed by atoms with Crippen LogP contribution in [0.25, 0.3) is 0 Å². The van der Waals surface area contributed by atoms with Crippen molar-refractivity contribution in [3.05, 3.63) is 65.7 Å². The van der Waals surface area contributed by atoms with Gasteiger partial charge in [0.25, 0.3) is 0 Å². The van der Waals surface area contributed by atoms with Gasteiger partial charge >= 0.3 is 0 Å². The smallest absolute Gasteiger partial charge is 0.243 e. The quantitative estimate of drug-likeness (QED) is 0.848. The normalized spacial score (nSPS) is 18.2. The van der Waals surface area contributed by atoms with Gasteiger partial charge in [0.15, 0.2) is 0 Å². The van der Waals surface area contributed by atoms with E-state index in [-0.39, 0.29) is 29.7 Å². The maximum atomic E-state index is 13.0. The third kappa shape index (κ3) is 4.70. The first kappa shape index (κ1) is 19.4. The van der Waals surface area contributed by atoms with Gasteiger partial charge in [0.2, 0.25) is 15.9 Å². The molecule has 5 nitrogen and oxygen atoms in total. The minimum Gasteiger partial charge on any atom is -0.352 e. The Morgan fingerprint density at radius 2 is 1.63 bits per heavy atom. The molecular formula is C19H20F2N2O3S. The average molecular weight is 394 g/mol. The van der Waals surface area contributed by atoms with Gasteiger partial charge in [-0.2, -0.15) is 4.31 Å². The van der Waals surface area contributed by atoms with Gasteiger partial charge in [0.1, 0.15) is 11.6 Å². The molecule has 1 aliphatic heterocycles. The van der Waals surface area contributed by atoms with Gasteiger partial charge in [-0.15, -0.1) is 0 Å². The van der Waals surface area contributed by atoms with Crippen LogP contribution < -0.4 is 5.32 Å². The first-order valence-corrected chi connectivity index (χ1v) is 10.1. The molecule has 1 saturated heterocycles. The lowest BCUT2D eigenvalue weighted by molar-refractivity contribution is -0.126. The molecule has 0 saturated carbocycles. The van der Waals surface area contributed by atoms with Crippen LogP contribution in [-0.2, 0) is 21.4 Å². The number of carbonyl (C=O) groups excluding carboxylic acids is 1. The van der Waals surface area contributed by atoms with Crippen LogP contribution in [0.1, 0.15) is 18.4 Å². The van der Waals surface area contributed by atoms with E-state index in [2.05, 4.69) is 5.32 Å². The number of nitrogens with zero attached hydrogens (tertiary/aromatic N) is 1. The molecule has 1 amide bonds. The van der Waals surface area contributed by atoms with E-state index in [0.717, 1.165) is 17.7 Å². The summed E-state index contributed by atoms with van der Waals surface area (Å²) in [5.74, 6) is -1.56. The summed E-state index contributed by atoms with van der Waals surface area (Å²) in [4.78, 5) is 12.4. The molecule has 3 rings (SSSR count). The van der Waals surface area contributed by atoms with Crippen LogP contribution in [0.3, 0.4) is 0 Å². The SMILES string of the molecule is O=C(NCc1ccc(F)cc1)[C@H]1CCCN(S(=O)(=O)c2ccc(F)cc2)C1. The Balaban J connectivity index is 1.63. The van der Waals surface area contributed by atoms with E-state index in [1.165, 1.54) is 28.6 Å². The van der Waals surface area contributed by atoms with Gasteiger partial charge in [-0.3, -0.25) is 4.79 Å². The molecule has 0 unspecified atom stereocenters. The van der Waals surface area contributed by atoms with E-state index in [1.807, 2.05) is 0 Å². The number of halogens is 2. The van der Waals surface area contributed by atoms with E-state index in [4.69, 9.17) is 0 Å². The Morgan fingerprint density at radius 3 is 2.26 bits per heavy atom. The lowest BCUT2D eigenvalue weighted by Crippen LogP contribution is -2.45. The summed E-state index contributed by atoms with van der Waals surface area (Å²) in [7, 11) is -3.77. The maximum Gasteiger partial charge on any atom is 0.243 e. The predicted molar refractivity (Wildman–Crippen MR) is 96.1 cm³/mol. The Hall–Kier alpha value is -2.32. The largest absolute Gasteiger partial charge is 0.352 e. The number of rotatable bonds is 5. The highest BCUT2D eigenvalue weighted by atomic mass is 32.2. The number of hydrogen-bond acceptors (Lipinski definition) is 3. The summed E-state index contributed by atoms with van der Waals surface area (Å²) in [5, 5.41) is 2.77. The Labute approximate surface area is 157 Å². The monoisotopic (exact) mass is 394 g/mol. The fraction of sp³-hybridized carbons (Fsp3) is 0.316. The van der Waals surface area contributed by atoms with Crippen LogP contribution in [0.2, 0.25) is 0 Å². The Morgan fingerprint density at radius 1 is 1.04 bits per heavy atom. The fourth-order valence-electron chi connectivity index (χ4n) is 3.07. The molecule has 0 bridgehead atoms. The molecule has 8 heteroatoms. The maximum absolute atomic E-state index is 13.0. The molecule has 2 aromatic rings. The average Bonchev–Trinajstić information content (AvgIpc) is 2.68. The first-order valence-electron chi connectivity index (χ1n) is 8.64. The summed E-state index contributed by atoms with van der Waals surface area (Å²) < 4.78 is 52.7. The van der Waals surface area contributed by atoms with Crippen molar-refractivity contribution < 1.29 is 22.0 Å². The number of hydrogen-bond donors (Lipinski definition) is 1. The van der Waals surface area contributed by atoms with Gasteiger partial charge in [-0.25, -0.2) is 17.2 Å². The molecule has 1 heterocycles. The van der Waals surface area contributed by atoms with Gasteiger partial charge in [0, 0.05) is 19.6 Å². The zero-order chi connectivity index (χ0) is 19.4. The van der Waals surface area contributed by atoms with E-state index in [0.29, 0.717) is 19.4 Å². The minimum atomic E-state index is -3.77. The molecule has 144 valence electrons.